The first-order valence-corrected chi connectivity index (χ1v) is 8.30. The van der Waals surface area contributed by atoms with Crippen LogP contribution in [0.5, 0.6) is 0 Å². The van der Waals surface area contributed by atoms with Crippen LogP contribution >= 0.6 is 0 Å². The maximum atomic E-state index is 14.0. The molecule has 0 saturated carbocycles. The Morgan fingerprint density at radius 2 is 2.08 bits per heavy atom. The molecule has 134 valence electrons. The van der Waals surface area contributed by atoms with E-state index in [9.17, 15) is 13.6 Å². The summed E-state index contributed by atoms with van der Waals surface area (Å²) in [6.45, 7) is 0.879. The molecule has 1 aromatic heterocycles. The van der Waals surface area contributed by atoms with Gasteiger partial charge in [0, 0.05) is 41.0 Å². The number of benzene rings is 2. The fourth-order valence-corrected chi connectivity index (χ4v) is 3.12. The minimum atomic E-state index is -0.671. The first-order chi connectivity index (χ1) is 12.6. The van der Waals surface area contributed by atoms with Gasteiger partial charge in [0.2, 0.25) is 0 Å². The topological polar surface area (TPSA) is 57.4 Å². The largest absolute Gasteiger partial charge is 0.370 e. The predicted octanol–water partition coefficient (Wildman–Crippen LogP) is 4.05. The lowest BCUT2D eigenvalue weighted by Crippen LogP contribution is -2.44. The van der Waals surface area contributed by atoms with Crippen LogP contribution in [-0.4, -0.2) is 35.6 Å². The van der Waals surface area contributed by atoms with Crippen molar-refractivity contribution in [3.05, 3.63) is 65.9 Å². The summed E-state index contributed by atoms with van der Waals surface area (Å²) in [6, 6.07) is 10.6. The Hall–Kier alpha value is -2.93. The number of amides is 2. The van der Waals surface area contributed by atoms with Crippen molar-refractivity contribution in [2.24, 2.45) is 0 Å². The number of anilines is 1. The zero-order chi connectivity index (χ0) is 18.1. The van der Waals surface area contributed by atoms with E-state index in [4.69, 9.17) is 4.74 Å². The van der Waals surface area contributed by atoms with E-state index in [1.807, 2.05) is 30.5 Å². The van der Waals surface area contributed by atoms with Crippen LogP contribution in [0.2, 0.25) is 0 Å². The molecule has 1 fully saturated rings. The second-order valence-corrected chi connectivity index (χ2v) is 6.18. The molecule has 1 atom stereocenters. The monoisotopic (exact) mass is 357 g/mol. The molecule has 7 heteroatoms. The van der Waals surface area contributed by atoms with Gasteiger partial charge in [-0.15, -0.1) is 0 Å². The van der Waals surface area contributed by atoms with Crippen molar-refractivity contribution < 1.29 is 18.3 Å². The summed E-state index contributed by atoms with van der Waals surface area (Å²) in [6.07, 6.45) is 1.21. The lowest BCUT2D eigenvalue weighted by atomic mass is 10.1. The van der Waals surface area contributed by atoms with Gasteiger partial charge in [-0.2, -0.15) is 0 Å². The number of nitrogens with one attached hydrogen (secondary N) is 2. The second-order valence-electron chi connectivity index (χ2n) is 6.18. The Kier molecular flexibility index (Phi) is 4.30. The molecule has 0 radical (unpaired) electrons. The van der Waals surface area contributed by atoms with E-state index in [1.165, 1.54) is 12.1 Å². The number of nitrogens with zero attached hydrogens (tertiary/aromatic N) is 1. The van der Waals surface area contributed by atoms with Crippen molar-refractivity contribution in [1.29, 1.82) is 0 Å². The van der Waals surface area contributed by atoms with Crippen molar-refractivity contribution in [2.75, 3.05) is 25.0 Å². The van der Waals surface area contributed by atoms with Crippen LogP contribution in [0.25, 0.3) is 10.9 Å². The molecule has 2 aromatic carbocycles. The lowest BCUT2D eigenvalue weighted by Gasteiger charge is -2.33. The number of carbonyl (C=O) groups excluding carboxylic acids is 1. The zero-order valence-electron chi connectivity index (χ0n) is 13.8. The molecule has 0 spiro atoms. The minimum absolute atomic E-state index is 0.195. The predicted molar refractivity (Wildman–Crippen MR) is 93.9 cm³/mol. The minimum Gasteiger partial charge on any atom is -0.370 e. The third-order valence-electron chi connectivity index (χ3n) is 4.47. The summed E-state index contributed by atoms with van der Waals surface area (Å²) in [5.41, 5.74) is 1.91. The Morgan fingerprint density at radius 3 is 2.92 bits per heavy atom. The number of ether oxygens (including phenoxy) is 1. The fourth-order valence-electron chi connectivity index (χ4n) is 3.12. The van der Waals surface area contributed by atoms with Crippen molar-refractivity contribution in [3.8, 4) is 0 Å². The molecule has 1 unspecified atom stereocenters. The van der Waals surface area contributed by atoms with E-state index >= 15 is 0 Å². The Morgan fingerprint density at radius 1 is 1.19 bits per heavy atom. The standard InChI is InChI=1S/C19H17F2N3O2/c20-13-1-3-15(16(21)10-13)18-11-24(7-8-26-18)19(25)23-14-2-4-17-12(9-14)5-6-22-17/h1-6,9-10,18,22H,7-8,11H2,(H,23,25). The average Bonchev–Trinajstić information content (AvgIpc) is 3.09. The molecule has 4 rings (SSSR count). The number of aromatic amines is 1. The van der Waals surface area contributed by atoms with Crippen LogP contribution in [0.3, 0.4) is 0 Å². The highest BCUT2D eigenvalue weighted by Crippen LogP contribution is 2.26. The molecule has 2 N–H and O–H groups in total. The van der Waals surface area contributed by atoms with Crippen LogP contribution in [0.15, 0.2) is 48.7 Å². The number of fused-ring (bicyclic) bond motifs is 1. The fraction of sp³-hybridized carbons (Fsp3) is 0.211. The van der Waals surface area contributed by atoms with Gasteiger partial charge in [0.05, 0.1) is 13.2 Å². The summed E-state index contributed by atoms with van der Waals surface area (Å²) in [5, 5.41) is 3.85. The van der Waals surface area contributed by atoms with E-state index in [1.54, 1.807) is 4.90 Å². The molecular formula is C19H17F2N3O2. The van der Waals surface area contributed by atoms with Crippen molar-refractivity contribution in [1.82, 2.24) is 9.88 Å². The van der Waals surface area contributed by atoms with Gasteiger partial charge in [-0.1, -0.05) is 6.07 Å². The number of urea groups is 1. The molecular weight excluding hydrogens is 340 g/mol. The molecule has 1 aliphatic rings. The van der Waals surface area contributed by atoms with Crippen LogP contribution in [0, 0.1) is 11.6 Å². The van der Waals surface area contributed by atoms with Gasteiger partial charge in [-0.3, -0.25) is 0 Å². The van der Waals surface area contributed by atoms with E-state index in [0.717, 1.165) is 17.0 Å². The van der Waals surface area contributed by atoms with Crippen molar-refractivity contribution in [2.45, 2.75) is 6.10 Å². The van der Waals surface area contributed by atoms with Gasteiger partial charge in [0.25, 0.3) is 0 Å². The number of morpholine rings is 1. The van der Waals surface area contributed by atoms with Crippen LogP contribution < -0.4 is 5.32 Å². The first-order valence-electron chi connectivity index (χ1n) is 8.30. The van der Waals surface area contributed by atoms with Gasteiger partial charge in [-0.05, 0) is 30.3 Å². The summed E-state index contributed by atoms with van der Waals surface area (Å²) in [5.74, 6) is -1.31. The molecule has 26 heavy (non-hydrogen) atoms. The van der Waals surface area contributed by atoms with Gasteiger partial charge in [0.15, 0.2) is 0 Å². The average molecular weight is 357 g/mol. The van der Waals surface area contributed by atoms with E-state index in [-0.39, 0.29) is 24.7 Å². The van der Waals surface area contributed by atoms with Crippen LogP contribution in [-0.2, 0) is 4.74 Å². The van der Waals surface area contributed by atoms with Crippen LogP contribution in [0.1, 0.15) is 11.7 Å². The molecule has 5 nitrogen and oxygen atoms in total. The summed E-state index contributed by atoms with van der Waals surface area (Å²) in [7, 11) is 0. The number of hydrogen-bond acceptors (Lipinski definition) is 2. The Balaban J connectivity index is 1.47. The highest BCUT2D eigenvalue weighted by molar-refractivity contribution is 5.92. The first kappa shape index (κ1) is 16.5. The quantitative estimate of drug-likeness (QED) is 0.727. The van der Waals surface area contributed by atoms with E-state index < -0.39 is 17.7 Å². The summed E-state index contributed by atoms with van der Waals surface area (Å²) < 4.78 is 32.7. The molecule has 1 aliphatic heterocycles. The molecule has 1 saturated heterocycles. The van der Waals surface area contributed by atoms with Crippen molar-refractivity contribution >= 4 is 22.6 Å². The van der Waals surface area contributed by atoms with E-state index in [2.05, 4.69) is 10.3 Å². The van der Waals surface area contributed by atoms with Crippen LogP contribution in [0.4, 0.5) is 19.3 Å². The molecule has 0 aliphatic carbocycles. The second kappa shape index (κ2) is 6.76. The SMILES string of the molecule is O=C(Nc1ccc2[nH]ccc2c1)N1CCOC(c2ccc(F)cc2F)C1. The van der Waals surface area contributed by atoms with Gasteiger partial charge < -0.3 is 19.9 Å². The third kappa shape index (κ3) is 3.25. The number of hydrogen-bond donors (Lipinski definition) is 2. The third-order valence-corrected chi connectivity index (χ3v) is 4.47. The van der Waals surface area contributed by atoms with Gasteiger partial charge in [-0.25, -0.2) is 13.6 Å². The smallest absolute Gasteiger partial charge is 0.322 e. The number of aromatic nitrogens is 1. The van der Waals surface area contributed by atoms with Crippen molar-refractivity contribution in [3.63, 3.8) is 0 Å². The normalized spacial score (nSPS) is 17.5. The highest BCUT2D eigenvalue weighted by Gasteiger charge is 2.27. The molecule has 2 amide bonds. The van der Waals surface area contributed by atoms with Gasteiger partial charge in [0.1, 0.15) is 17.7 Å². The Bertz CT molecular complexity index is 957. The Labute approximate surface area is 148 Å². The molecule has 3 aromatic rings. The molecule has 2 heterocycles. The maximum absolute atomic E-state index is 14.0. The number of rotatable bonds is 2. The van der Waals surface area contributed by atoms with Gasteiger partial charge >= 0.3 is 6.03 Å². The number of halogens is 2. The number of carbonyl (C=O) groups is 1. The summed E-state index contributed by atoms with van der Waals surface area (Å²) in [4.78, 5) is 17.2. The van der Waals surface area contributed by atoms with E-state index in [0.29, 0.717) is 12.2 Å². The lowest BCUT2D eigenvalue weighted by molar-refractivity contribution is -0.0152. The number of H-pyrrole nitrogens is 1. The zero-order valence-corrected chi connectivity index (χ0v) is 13.8. The summed E-state index contributed by atoms with van der Waals surface area (Å²) >= 11 is 0. The molecule has 0 bridgehead atoms. The maximum Gasteiger partial charge on any atom is 0.322 e. The highest BCUT2D eigenvalue weighted by atomic mass is 19.1.